The summed E-state index contributed by atoms with van der Waals surface area (Å²) in [5, 5.41) is 12.2. The molecule has 7 nitrogen and oxygen atoms in total. The third-order valence-electron chi connectivity index (χ3n) is 8.88. The van der Waals surface area contributed by atoms with Gasteiger partial charge in [-0.05, 0) is 51.7 Å². The zero-order valence-electron chi connectivity index (χ0n) is 28.3. The van der Waals surface area contributed by atoms with Gasteiger partial charge in [0.05, 0.1) is 30.5 Å². The van der Waals surface area contributed by atoms with Crippen molar-refractivity contribution in [1.29, 1.82) is 0 Å². The van der Waals surface area contributed by atoms with Gasteiger partial charge in [-0.2, -0.15) is 0 Å². The molecule has 9 heteroatoms. The van der Waals surface area contributed by atoms with Crippen molar-refractivity contribution in [1.82, 2.24) is 0 Å². The molecule has 3 aromatic rings. The maximum atomic E-state index is 13.5. The van der Waals surface area contributed by atoms with Gasteiger partial charge in [-0.3, -0.25) is 9.59 Å². The Morgan fingerprint density at radius 2 is 1.37 bits per heavy atom. The van der Waals surface area contributed by atoms with Crippen LogP contribution in [0, 0.1) is 5.41 Å². The highest BCUT2D eigenvalue weighted by atomic mass is 32.2. The van der Waals surface area contributed by atoms with E-state index in [-0.39, 0.29) is 29.6 Å². The molecule has 46 heavy (non-hydrogen) atoms. The van der Waals surface area contributed by atoms with Gasteiger partial charge in [0.1, 0.15) is 0 Å². The molecule has 3 rings (SSSR count). The van der Waals surface area contributed by atoms with Gasteiger partial charge in [-0.15, -0.1) is 0 Å². The van der Waals surface area contributed by atoms with Crippen molar-refractivity contribution in [3.63, 3.8) is 0 Å². The summed E-state index contributed by atoms with van der Waals surface area (Å²) in [7, 11) is -5.02. The molecular weight excluding hydrogens is 617 g/mol. The van der Waals surface area contributed by atoms with E-state index >= 15 is 0 Å². The lowest BCUT2D eigenvalue weighted by Gasteiger charge is -2.43. The van der Waals surface area contributed by atoms with Crippen molar-refractivity contribution in [2.24, 2.45) is 5.41 Å². The minimum absolute atomic E-state index is 0.0253. The van der Waals surface area contributed by atoms with E-state index in [4.69, 9.17) is 9.16 Å². The normalized spacial score (nSPS) is 14.0. The number of aliphatic carboxylic acids is 1. The van der Waals surface area contributed by atoms with Crippen LogP contribution in [0.15, 0.2) is 84.9 Å². The van der Waals surface area contributed by atoms with Crippen LogP contribution in [-0.2, 0) is 40.4 Å². The van der Waals surface area contributed by atoms with Crippen molar-refractivity contribution < 1.29 is 32.3 Å². The number of carbonyl (C=O) groups is 2. The molecule has 0 saturated carbocycles. The Morgan fingerprint density at radius 1 is 0.804 bits per heavy atom. The summed E-state index contributed by atoms with van der Waals surface area (Å²) in [6.07, 6.45) is 1.44. The number of esters is 1. The number of benzene rings is 3. The molecule has 0 aliphatic carbocycles. The Hall–Kier alpha value is -3.27. The number of carboxylic acid groups (broad SMARTS) is 1. The maximum absolute atomic E-state index is 13.5. The largest absolute Gasteiger partial charge is 0.481 e. The van der Waals surface area contributed by atoms with E-state index in [1.807, 2.05) is 50.2 Å². The van der Waals surface area contributed by atoms with Gasteiger partial charge in [0.2, 0.25) is 0 Å². The van der Waals surface area contributed by atoms with E-state index in [1.54, 1.807) is 31.2 Å². The smallest absolute Gasteiger partial charge is 0.313 e. The predicted molar refractivity (Wildman–Crippen MR) is 187 cm³/mol. The molecule has 1 atom stereocenters. The second-order valence-corrected chi connectivity index (χ2v) is 20.7. The van der Waals surface area contributed by atoms with Crippen molar-refractivity contribution in [3.8, 4) is 0 Å². The van der Waals surface area contributed by atoms with Crippen LogP contribution < -0.4 is 10.4 Å². The topological polar surface area (TPSA) is 107 Å². The zero-order chi connectivity index (χ0) is 34.2. The predicted octanol–water partition coefficient (Wildman–Crippen LogP) is 5.93. The van der Waals surface area contributed by atoms with Gasteiger partial charge in [0, 0.05) is 6.61 Å². The average Bonchev–Trinajstić information content (AvgIpc) is 2.98. The molecule has 3 aromatic carbocycles. The van der Waals surface area contributed by atoms with Crippen LogP contribution in [-0.4, -0.2) is 59.0 Å². The fourth-order valence-electron chi connectivity index (χ4n) is 6.38. The summed E-state index contributed by atoms with van der Waals surface area (Å²) < 4.78 is 38.6. The Bertz CT molecular complexity index is 1520. The van der Waals surface area contributed by atoms with E-state index < -0.39 is 40.9 Å². The number of sulfone groups is 1. The molecule has 0 aromatic heterocycles. The highest BCUT2D eigenvalue weighted by molar-refractivity contribution is 7.91. The molecule has 0 aliphatic heterocycles. The molecule has 0 heterocycles. The van der Waals surface area contributed by atoms with Crippen LogP contribution >= 0.6 is 0 Å². The zero-order valence-corrected chi connectivity index (χ0v) is 30.2. The van der Waals surface area contributed by atoms with Crippen molar-refractivity contribution in [3.05, 3.63) is 96.1 Å². The first kappa shape index (κ1) is 37.2. The highest BCUT2D eigenvalue weighted by Crippen LogP contribution is 2.37. The number of rotatable bonds is 16. The fraction of sp³-hybridized carbons (Fsp3) is 0.459. The number of hydrogen-bond acceptors (Lipinski definition) is 6. The van der Waals surface area contributed by atoms with Crippen molar-refractivity contribution in [2.45, 2.75) is 77.7 Å². The lowest BCUT2D eigenvalue weighted by molar-refractivity contribution is -0.143. The molecule has 0 bridgehead atoms. The minimum atomic E-state index is -3.49. The second kappa shape index (κ2) is 15.1. The number of ether oxygens (including phenoxy) is 1. The van der Waals surface area contributed by atoms with Crippen LogP contribution in [0.25, 0.3) is 0 Å². The molecule has 250 valence electrons. The van der Waals surface area contributed by atoms with Crippen LogP contribution in [0.2, 0.25) is 5.04 Å². The van der Waals surface area contributed by atoms with E-state index in [0.717, 1.165) is 10.4 Å². The van der Waals surface area contributed by atoms with Gasteiger partial charge in [-0.25, -0.2) is 8.42 Å². The van der Waals surface area contributed by atoms with Crippen molar-refractivity contribution >= 4 is 40.5 Å². The maximum Gasteiger partial charge on any atom is 0.313 e. The molecule has 0 unspecified atom stereocenters. The van der Waals surface area contributed by atoms with Gasteiger partial charge >= 0.3 is 11.9 Å². The Balaban J connectivity index is 1.70. The van der Waals surface area contributed by atoms with Gasteiger partial charge < -0.3 is 14.3 Å². The molecular formula is C37H50O7SSi. The third-order valence-corrected chi connectivity index (χ3v) is 15.9. The summed E-state index contributed by atoms with van der Waals surface area (Å²) in [5.74, 6) is -1.48. The van der Waals surface area contributed by atoms with Gasteiger partial charge in [0.25, 0.3) is 8.32 Å². The Morgan fingerprint density at radius 3 is 1.87 bits per heavy atom. The minimum Gasteiger partial charge on any atom is -0.481 e. The summed E-state index contributed by atoms with van der Waals surface area (Å²) >= 11 is 0. The summed E-state index contributed by atoms with van der Waals surface area (Å²) in [6.45, 7) is 12.1. The first-order valence-electron chi connectivity index (χ1n) is 15.8. The lowest BCUT2D eigenvalue weighted by atomic mass is 9.76. The van der Waals surface area contributed by atoms with E-state index in [0.29, 0.717) is 30.4 Å². The summed E-state index contributed by atoms with van der Waals surface area (Å²) in [4.78, 5) is 24.2. The molecule has 0 saturated heterocycles. The van der Waals surface area contributed by atoms with Crippen LogP contribution in [0.5, 0.6) is 0 Å². The highest BCUT2D eigenvalue weighted by Gasteiger charge is 2.50. The molecule has 0 fully saturated rings. The number of carbonyl (C=O) groups excluding carboxylic acids is 1. The third kappa shape index (κ3) is 9.17. The average molecular weight is 667 g/mol. The molecule has 1 N–H and O–H groups in total. The SMILES string of the molecule is COC(=O)Cc1cccc([C@@](C)(CCCC(C)(C)CS(=O)(=O)CCO[Si](c2ccccc2)(c2ccccc2)C(C)(C)C)C(=O)O)c1. The molecule has 0 amide bonds. The van der Waals surface area contributed by atoms with E-state index in [1.165, 1.54) is 7.11 Å². The first-order chi connectivity index (χ1) is 21.5. The first-order valence-corrected chi connectivity index (χ1v) is 19.5. The summed E-state index contributed by atoms with van der Waals surface area (Å²) in [6, 6.07) is 27.3. The standard InChI is InChI=1S/C37H50O7SSi/c1-35(2,3)46(31-18-10-8-11-19-31,32-20-12-9-13-21-32)44-24-25-45(41,42)28-36(4,5)22-15-23-37(6,34(39)40)30-17-14-16-29(26-30)27-33(38)43-7/h8-14,16-21,26H,15,22-25,27-28H2,1-7H3,(H,39,40)/t37-/m1/s1. The monoisotopic (exact) mass is 666 g/mol. The number of carboxylic acids is 1. The van der Waals surface area contributed by atoms with E-state index in [9.17, 15) is 23.1 Å². The van der Waals surface area contributed by atoms with Crippen molar-refractivity contribution in [2.75, 3.05) is 25.2 Å². The van der Waals surface area contributed by atoms with Gasteiger partial charge in [0.15, 0.2) is 9.84 Å². The lowest BCUT2D eigenvalue weighted by Crippen LogP contribution is -2.66. The molecule has 0 radical (unpaired) electrons. The fourth-order valence-corrected chi connectivity index (χ4v) is 12.9. The molecule has 0 spiro atoms. The Kier molecular flexibility index (Phi) is 12.2. The summed E-state index contributed by atoms with van der Waals surface area (Å²) in [5.41, 5.74) is -0.469. The van der Waals surface area contributed by atoms with Crippen LogP contribution in [0.3, 0.4) is 0 Å². The van der Waals surface area contributed by atoms with Crippen LogP contribution in [0.1, 0.15) is 71.9 Å². The second-order valence-electron chi connectivity index (χ2n) is 14.2. The van der Waals surface area contributed by atoms with Crippen LogP contribution in [0.4, 0.5) is 0 Å². The Labute approximate surface area is 276 Å². The van der Waals surface area contributed by atoms with Gasteiger partial charge in [-0.1, -0.05) is 126 Å². The number of hydrogen-bond donors (Lipinski definition) is 1. The quantitative estimate of drug-likeness (QED) is 0.149. The number of methoxy groups -OCH3 is 1. The van der Waals surface area contributed by atoms with E-state index in [2.05, 4.69) is 45.0 Å². The molecule has 0 aliphatic rings.